The van der Waals surface area contributed by atoms with Crippen LogP contribution < -0.4 is 10.9 Å². The number of hydrogen-bond donors (Lipinski definition) is 1. The molecule has 1 heterocycles. The second kappa shape index (κ2) is 7.25. The van der Waals surface area contributed by atoms with Crippen molar-refractivity contribution in [2.75, 3.05) is 0 Å². The Morgan fingerprint density at radius 2 is 1.59 bits per heavy atom. The van der Waals surface area contributed by atoms with Crippen molar-refractivity contribution in [3.8, 4) is 5.69 Å². The third-order valence-electron chi connectivity index (χ3n) is 4.37. The molecule has 0 atom stereocenters. The largest absolute Gasteiger partial charge is 0.348 e. The van der Waals surface area contributed by atoms with Crippen molar-refractivity contribution in [2.24, 2.45) is 0 Å². The molecule has 1 N–H and O–H groups in total. The normalized spacial score (nSPS) is 10.7. The lowest BCUT2D eigenvalue weighted by Gasteiger charge is -2.12. The average Bonchev–Trinajstić information content (AvgIpc) is 2.73. The number of benzene rings is 3. The molecule has 4 rings (SSSR count). The first-order valence-corrected chi connectivity index (χ1v) is 8.62. The predicted octanol–water partition coefficient (Wildman–Crippen LogP) is 3.32. The Morgan fingerprint density at radius 1 is 0.889 bits per heavy atom. The molecule has 3 aromatic carbocycles. The summed E-state index contributed by atoms with van der Waals surface area (Å²) in [6.45, 7) is 0.416. The minimum absolute atomic E-state index is 0.205. The van der Waals surface area contributed by atoms with Crippen LogP contribution in [0.5, 0.6) is 0 Å². The number of hydrogen-bond acceptors (Lipinski definition) is 3. The zero-order valence-corrected chi connectivity index (χ0v) is 14.5. The molecule has 1 amide bonds. The monoisotopic (exact) mass is 355 g/mol. The summed E-state index contributed by atoms with van der Waals surface area (Å²) in [6.07, 6.45) is 1.47. The number of para-hydroxylation sites is 2. The van der Waals surface area contributed by atoms with Gasteiger partial charge in [0.15, 0.2) is 0 Å². The fourth-order valence-corrected chi connectivity index (χ4v) is 2.99. The Balaban J connectivity index is 1.70. The molecule has 0 aliphatic heterocycles. The molecule has 0 unspecified atom stereocenters. The molecule has 0 aliphatic carbocycles. The van der Waals surface area contributed by atoms with Crippen molar-refractivity contribution < 1.29 is 4.79 Å². The summed E-state index contributed by atoms with van der Waals surface area (Å²) < 4.78 is 1.42. The van der Waals surface area contributed by atoms with E-state index < -0.39 is 0 Å². The molecule has 0 radical (unpaired) electrons. The average molecular weight is 355 g/mol. The van der Waals surface area contributed by atoms with Crippen molar-refractivity contribution in [1.29, 1.82) is 0 Å². The maximum Gasteiger partial charge on any atom is 0.265 e. The van der Waals surface area contributed by atoms with E-state index >= 15 is 0 Å². The highest BCUT2D eigenvalue weighted by atomic mass is 16.2. The number of fused-ring (bicyclic) bond motifs is 1. The molecule has 0 saturated heterocycles. The summed E-state index contributed by atoms with van der Waals surface area (Å²) >= 11 is 0. The van der Waals surface area contributed by atoms with Gasteiger partial charge in [-0.1, -0.05) is 54.6 Å². The van der Waals surface area contributed by atoms with Crippen LogP contribution in [-0.4, -0.2) is 15.5 Å². The van der Waals surface area contributed by atoms with Gasteiger partial charge in [0.25, 0.3) is 11.5 Å². The molecule has 5 nitrogen and oxygen atoms in total. The summed E-state index contributed by atoms with van der Waals surface area (Å²) in [6, 6.07) is 23.9. The van der Waals surface area contributed by atoms with Crippen LogP contribution in [0.1, 0.15) is 15.9 Å². The van der Waals surface area contributed by atoms with Crippen molar-refractivity contribution in [3.05, 3.63) is 107 Å². The van der Waals surface area contributed by atoms with E-state index in [9.17, 15) is 9.59 Å². The molecule has 0 aliphatic rings. The standard InChI is InChI=1S/C22H17N3O2/c26-21(23-14-16-8-2-1-3-9-16)18-11-5-7-13-20(18)25-15-24-19-12-6-4-10-17(19)22(25)27/h1-13,15H,14H2,(H,23,26). The van der Waals surface area contributed by atoms with Crippen molar-refractivity contribution in [3.63, 3.8) is 0 Å². The molecule has 0 fully saturated rings. The molecular weight excluding hydrogens is 338 g/mol. The summed E-state index contributed by atoms with van der Waals surface area (Å²) in [5.41, 5.74) is 2.36. The highest BCUT2D eigenvalue weighted by Gasteiger charge is 2.14. The van der Waals surface area contributed by atoms with E-state index in [1.807, 2.05) is 36.4 Å². The summed E-state index contributed by atoms with van der Waals surface area (Å²) in [4.78, 5) is 30.0. The first-order chi connectivity index (χ1) is 13.2. The molecule has 4 aromatic rings. The lowest BCUT2D eigenvalue weighted by Crippen LogP contribution is -2.26. The lowest BCUT2D eigenvalue weighted by molar-refractivity contribution is 0.0951. The zero-order valence-electron chi connectivity index (χ0n) is 14.5. The minimum atomic E-state index is -0.241. The van der Waals surface area contributed by atoms with E-state index in [2.05, 4.69) is 10.3 Å². The third-order valence-corrected chi connectivity index (χ3v) is 4.37. The molecule has 0 bridgehead atoms. The number of nitrogens with zero attached hydrogens (tertiary/aromatic N) is 2. The van der Waals surface area contributed by atoms with Crippen molar-refractivity contribution in [2.45, 2.75) is 6.54 Å². The number of amides is 1. The molecule has 0 spiro atoms. The van der Waals surface area contributed by atoms with E-state index in [0.29, 0.717) is 28.7 Å². The van der Waals surface area contributed by atoms with E-state index in [4.69, 9.17) is 0 Å². The highest BCUT2D eigenvalue weighted by Crippen LogP contribution is 2.14. The van der Waals surface area contributed by atoms with Gasteiger partial charge in [0.05, 0.1) is 22.2 Å². The van der Waals surface area contributed by atoms with E-state index in [-0.39, 0.29) is 11.5 Å². The Hall–Kier alpha value is -3.73. The number of carbonyl (C=O) groups is 1. The molecule has 1 aromatic heterocycles. The van der Waals surface area contributed by atoms with Crippen LogP contribution in [0.25, 0.3) is 16.6 Å². The number of carbonyl (C=O) groups excluding carboxylic acids is 1. The molecule has 5 heteroatoms. The lowest BCUT2D eigenvalue weighted by atomic mass is 10.1. The van der Waals surface area contributed by atoms with E-state index in [1.165, 1.54) is 10.9 Å². The number of rotatable bonds is 4. The number of aromatic nitrogens is 2. The van der Waals surface area contributed by atoms with Crippen LogP contribution in [0.3, 0.4) is 0 Å². The second-order valence-corrected chi connectivity index (χ2v) is 6.12. The van der Waals surface area contributed by atoms with Crippen LogP contribution in [0.4, 0.5) is 0 Å². The Labute approximate surface area is 155 Å². The fourth-order valence-electron chi connectivity index (χ4n) is 2.99. The molecule has 0 saturated carbocycles. The second-order valence-electron chi connectivity index (χ2n) is 6.12. The number of nitrogens with one attached hydrogen (secondary N) is 1. The van der Waals surface area contributed by atoms with Crippen molar-refractivity contribution in [1.82, 2.24) is 14.9 Å². The Bertz CT molecular complexity index is 1170. The van der Waals surface area contributed by atoms with Crippen LogP contribution in [-0.2, 0) is 6.54 Å². The fraction of sp³-hybridized carbons (Fsp3) is 0.0455. The summed E-state index contributed by atoms with van der Waals surface area (Å²) in [7, 11) is 0. The van der Waals surface area contributed by atoms with Crippen LogP contribution in [0.15, 0.2) is 90.0 Å². The topological polar surface area (TPSA) is 64.0 Å². The first kappa shape index (κ1) is 16.7. The van der Waals surface area contributed by atoms with Crippen LogP contribution in [0.2, 0.25) is 0 Å². The quantitative estimate of drug-likeness (QED) is 0.611. The summed E-state index contributed by atoms with van der Waals surface area (Å²) in [5.74, 6) is -0.241. The van der Waals surface area contributed by atoms with Gasteiger partial charge in [-0.15, -0.1) is 0 Å². The zero-order chi connectivity index (χ0) is 18.6. The predicted molar refractivity (Wildman–Crippen MR) is 105 cm³/mol. The Morgan fingerprint density at radius 3 is 2.44 bits per heavy atom. The maximum atomic E-state index is 12.9. The van der Waals surface area contributed by atoms with Crippen LogP contribution in [0, 0.1) is 0 Å². The van der Waals surface area contributed by atoms with Gasteiger partial charge < -0.3 is 5.32 Å². The molecular formula is C22H17N3O2. The Kier molecular flexibility index (Phi) is 4.49. The van der Waals surface area contributed by atoms with Gasteiger partial charge in [0.2, 0.25) is 0 Å². The van der Waals surface area contributed by atoms with Gasteiger partial charge in [-0.3, -0.25) is 14.2 Å². The maximum absolute atomic E-state index is 12.9. The van der Waals surface area contributed by atoms with Crippen molar-refractivity contribution >= 4 is 16.8 Å². The van der Waals surface area contributed by atoms with Gasteiger partial charge in [-0.25, -0.2) is 4.98 Å². The van der Waals surface area contributed by atoms with Gasteiger partial charge in [-0.05, 0) is 29.8 Å². The highest BCUT2D eigenvalue weighted by molar-refractivity contribution is 5.97. The van der Waals surface area contributed by atoms with Gasteiger partial charge >= 0.3 is 0 Å². The molecule has 132 valence electrons. The minimum Gasteiger partial charge on any atom is -0.348 e. The van der Waals surface area contributed by atoms with Gasteiger partial charge in [0, 0.05) is 6.54 Å². The third kappa shape index (κ3) is 3.35. The molecule has 27 heavy (non-hydrogen) atoms. The smallest absolute Gasteiger partial charge is 0.265 e. The first-order valence-electron chi connectivity index (χ1n) is 8.62. The van der Waals surface area contributed by atoms with E-state index in [0.717, 1.165) is 5.56 Å². The SMILES string of the molecule is O=C(NCc1ccccc1)c1ccccc1-n1cnc2ccccc2c1=O. The van der Waals surface area contributed by atoms with Gasteiger partial charge in [0.1, 0.15) is 6.33 Å². The summed E-state index contributed by atoms with van der Waals surface area (Å²) in [5, 5.41) is 3.42. The van der Waals surface area contributed by atoms with Crippen LogP contribution >= 0.6 is 0 Å². The van der Waals surface area contributed by atoms with E-state index in [1.54, 1.807) is 42.5 Å². The van der Waals surface area contributed by atoms with Gasteiger partial charge in [-0.2, -0.15) is 0 Å².